The molecular weight excluding hydrogens is 392 g/mol. The third kappa shape index (κ3) is 2.58. The summed E-state index contributed by atoms with van der Waals surface area (Å²) < 4.78 is 5.29. The van der Waals surface area contributed by atoms with Crippen molar-refractivity contribution in [1.29, 1.82) is 0 Å². The van der Waals surface area contributed by atoms with E-state index in [1.54, 1.807) is 6.08 Å². The summed E-state index contributed by atoms with van der Waals surface area (Å²) >= 11 is 0. The quantitative estimate of drug-likeness (QED) is 0.498. The Hall–Kier alpha value is -1.64. The molecule has 0 saturated heterocycles. The zero-order chi connectivity index (χ0) is 22.2. The maximum absolute atomic E-state index is 13.1. The molecule has 31 heavy (non-hydrogen) atoms. The molecule has 5 heteroatoms. The molecular formula is C26H34O5. The minimum Gasteiger partial charge on any atom is -0.469 e. The van der Waals surface area contributed by atoms with Gasteiger partial charge in [0.15, 0.2) is 5.78 Å². The first kappa shape index (κ1) is 21.2. The number of aliphatic hydroxyl groups is 2. The van der Waals surface area contributed by atoms with Crippen LogP contribution in [0, 0.1) is 64.1 Å². The van der Waals surface area contributed by atoms with Crippen LogP contribution in [-0.2, 0) is 14.3 Å². The fourth-order valence-electron chi connectivity index (χ4n) is 8.83. The van der Waals surface area contributed by atoms with Crippen molar-refractivity contribution in [1.82, 2.24) is 0 Å². The minimum absolute atomic E-state index is 0.104. The molecule has 0 aromatic carbocycles. The maximum atomic E-state index is 13.1. The molecule has 5 nitrogen and oxygen atoms in total. The molecule has 168 valence electrons. The summed E-state index contributed by atoms with van der Waals surface area (Å²) in [6.45, 7) is 4.19. The molecule has 5 rings (SSSR count). The Kier molecular flexibility index (Phi) is 4.74. The van der Waals surface area contributed by atoms with Crippen LogP contribution >= 0.6 is 0 Å². The van der Waals surface area contributed by atoms with Gasteiger partial charge in [-0.05, 0) is 73.2 Å². The van der Waals surface area contributed by atoms with E-state index >= 15 is 0 Å². The van der Waals surface area contributed by atoms with Gasteiger partial charge in [0.05, 0.1) is 13.0 Å². The zero-order valence-electron chi connectivity index (χ0n) is 18.8. The summed E-state index contributed by atoms with van der Waals surface area (Å²) in [5.74, 6) is 6.78. The predicted octanol–water partition coefficient (Wildman–Crippen LogP) is 2.75. The van der Waals surface area contributed by atoms with E-state index in [-0.39, 0.29) is 59.3 Å². The number of aliphatic hydroxyl groups excluding tert-OH is 1. The molecule has 0 aliphatic heterocycles. The summed E-state index contributed by atoms with van der Waals surface area (Å²) in [5.41, 5.74) is -1.64. The molecule has 4 fully saturated rings. The van der Waals surface area contributed by atoms with E-state index in [1.807, 2.05) is 0 Å². The third-order valence-corrected chi connectivity index (χ3v) is 10.4. The summed E-state index contributed by atoms with van der Waals surface area (Å²) in [4.78, 5) is 25.3. The van der Waals surface area contributed by atoms with Gasteiger partial charge in [0, 0.05) is 17.8 Å². The minimum atomic E-state index is -1.12. The van der Waals surface area contributed by atoms with Gasteiger partial charge >= 0.3 is 5.97 Å². The SMILES string of the molecule is COC(=O)[C@@H]1CC2CC(=O)C=C[C@]2(C)[C@H]2CC[C@@]3(C)[C@@H]([C@@H]4CC[C@@H]4[C@@]3(O)C#CCO)[C@H]12. The van der Waals surface area contributed by atoms with Crippen molar-refractivity contribution in [2.45, 2.75) is 58.0 Å². The van der Waals surface area contributed by atoms with E-state index in [9.17, 15) is 19.8 Å². The van der Waals surface area contributed by atoms with Crippen LogP contribution in [0.5, 0.6) is 0 Å². The molecule has 2 N–H and O–H groups in total. The fourth-order valence-corrected chi connectivity index (χ4v) is 8.83. The first-order valence-electron chi connectivity index (χ1n) is 11.8. The maximum Gasteiger partial charge on any atom is 0.308 e. The molecule has 0 heterocycles. The number of rotatable bonds is 1. The summed E-state index contributed by atoms with van der Waals surface area (Å²) in [5, 5.41) is 21.2. The number of hydrogen-bond donors (Lipinski definition) is 2. The molecule has 0 aromatic rings. The topological polar surface area (TPSA) is 83.8 Å². The number of esters is 1. The second-order valence-corrected chi connectivity index (χ2v) is 11.2. The van der Waals surface area contributed by atoms with E-state index in [2.05, 4.69) is 31.8 Å². The van der Waals surface area contributed by atoms with Crippen molar-refractivity contribution in [3.63, 3.8) is 0 Å². The lowest BCUT2D eigenvalue weighted by Gasteiger charge is -2.61. The molecule has 4 saturated carbocycles. The Labute approximate surface area is 184 Å². The number of ether oxygens (including phenoxy) is 1. The highest BCUT2D eigenvalue weighted by molar-refractivity contribution is 5.91. The van der Waals surface area contributed by atoms with Crippen molar-refractivity contribution in [2.75, 3.05) is 13.7 Å². The highest BCUT2D eigenvalue weighted by atomic mass is 16.5. The molecule has 0 aromatic heterocycles. The monoisotopic (exact) mass is 426 g/mol. The fraction of sp³-hybridized carbons (Fsp3) is 0.769. The average Bonchev–Trinajstić information content (AvgIpc) is 2.85. The van der Waals surface area contributed by atoms with Gasteiger partial charge in [-0.3, -0.25) is 9.59 Å². The highest BCUT2D eigenvalue weighted by Crippen LogP contribution is 2.74. The van der Waals surface area contributed by atoms with E-state index in [0.717, 1.165) is 25.7 Å². The lowest BCUT2D eigenvalue weighted by molar-refractivity contribution is -0.174. The Morgan fingerprint density at radius 2 is 2.03 bits per heavy atom. The second-order valence-electron chi connectivity index (χ2n) is 11.2. The van der Waals surface area contributed by atoms with Crippen LogP contribution in [-0.4, -0.2) is 41.3 Å². The lowest BCUT2D eigenvalue weighted by Crippen LogP contribution is -2.59. The number of carbonyl (C=O) groups excluding carboxylic acids is 2. The van der Waals surface area contributed by atoms with E-state index in [4.69, 9.17) is 4.74 Å². The number of methoxy groups -OCH3 is 1. The van der Waals surface area contributed by atoms with Gasteiger partial charge in [-0.2, -0.15) is 0 Å². The van der Waals surface area contributed by atoms with Crippen LogP contribution in [0.15, 0.2) is 12.2 Å². The number of fused-ring (bicyclic) bond motifs is 7. The summed E-state index contributed by atoms with van der Waals surface area (Å²) in [6, 6.07) is 0. The normalized spacial score (nSPS) is 51.9. The Bertz CT molecular complexity index is 897. The summed E-state index contributed by atoms with van der Waals surface area (Å²) in [6.07, 6.45) is 8.81. The van der Waals surface area contributed by atoms with Gasteiger partial charge in [0.1, 0.15) is 12.2 Å². The molecule has 1 unspecified atom stereocenters. The number of carbonyl (C=O) groups is 2. The third-order valence-electron chi connectivity index (χ3n) is 10.4. The van der Waals surface area contributed by atoms with Crippen LogP contribution in [0.2, 0.25) is 0 Å². The Morgan fingerprint density at radius 1 is 1.26 bits per heavy atom. The Morgan fingerprint density at radius 3 is 2.68 bits per heavy atom. The molecule has 0 bridgehead atoms. The van der Waals surface area contributed by atoms with Gasteiger partial charge < -0.3 is 14.9 Å². The zero-order valence-corrected chi connectivity index (χ0v) is 18.8. The van der Waals surface area contributed by atoms with Crippen LogP contribution < -0.4 is 0 Å². The van der Waals surface area contributed by atoms with Crippen LogP contribution in [0.3, 0.4) is 0 Å². The van der Waals surface area contributed by atoms with E-state index in [0.29, 0.717) is 18.8 Å². The summed E-state index contributed by atoms with van der Waals surface area (Å²) in [7, 11) is 1.46. The molecule has 0 amide bonds. The first-order valence-corrected chi connectivity index (χ1v) is 11.8. The first-order chi connectivity index (χ1) is 14.7. The van der Waals surface area contributed by atoms with Crippen molar-refractivity contribution in [2.24, 2.45) is 52.3 Å². The van der Waals surface area contributed by atoms with Gasteiger partial charge in [0.2, 0.25) is 0 Å². The van der Waals surface area contributed by atoms with Crippen LogP contribution in [0.1, 0.15) is 52.4 Å². The predicted molar refractivity (Wildman–Crippen MR) is 114 cm³/mol. The van der Waals surface area contributed by atoms with Gasteiger partial charge in [-0.25, -0.2) is 0 Å². The van der Waals surface area contributed by atoms with Crippen molar-refractivity contribution < 1.29 is 24.5 Å². The number of hydrogen-bond acceptors (Lipinski definition) is 5. The van der Waals surface area contributed by atoms with Gasteiger partial charge in [-0.15, -0.1) is 0 Å². The van der Waals surface area contributed by atoms with Gasteiger partial charge in [-0.1, -0.05) is 31.8 Å². The Balaban J connectivity index is 1.63. The smallest absolute Gasteiger partial charge is 0.308 e. The van der Waals surface area contributed by atoms with E-state index in [1.165, 1.54) is 7.11 Å². The standard InChI is InChI=1S/C26H34O5/c1-24-10-7-16(28)13-15(24)14-18(23(29)31-3)21-20(24)8-11-25(2)22(21)17-5-6-19(17)26(25,30)9-4-12-27/h7,10,15,17-22,27,30H,5-6,8,11-14H2,1-3H3/t15?,17-,18-,19+,20+,21-,22+,24+,25+,26+/m1/s1. The molecule has 10 atom stereocenters. The highest BCUT2D eigenvalue weighted by Gasteiger charge is 2.74. The molecule has 0 spiro atoms. The van der Waals surface area contributed by atoms with Gasteiger partial charge in [0.25, 0.3) is 0 Å². The van der Waals surface area contributed by atoms with Crippen LogP contribution in [0.4, 0.5) is 0 Å². The second kappa shape index (κ2) is 6.93. The molecule has 5 aliphatic carbocycles. The van der Waals surface area contributed by atoms with E-state index < -0.39 is 11.0 Å². The molecule has 5 aliphatic rings. The largest absolute Gasteiger partial charge is 0.469 e. The lowest BCUT2D eigenvalue weighted by atomic mass is 9.42. The van der Waals surface area contributed by atoms with Crippen molar-refractivity contribution in [3.8, 4) is 11.8 Å². The van der Waals surface area contributed by atoms with Crippen LogP contribution in [0.25, 0.3) is 0 Å². The van der Waals surface area contributed by atoms with Crippen molar-refractivity contribution in [3.05, 3.63) is 12.2 Å². The van der Waals surface area contributed by atoms with Crippen molar-refractivity contribution >= 4 is 11.8 Å². The average molecular weight is 427 g/mol. The molecule has 0 radical (unpaired) electrons. The number of allylic oxidation sites excluding steroid dienone is 2. The number of ketones is 1.